The summed E-state index contributed by atoms with van der Waals surface area (Å²) < 4.78 is 4.73. The number of carbonyl (C=O) groups is 1. The fourth-order valence-corrected chi connectivity index (χ4v) is 1.15. The third-order valence-corrected chi connectivity index (χ3v) is 1.82. The monoisotopic (exact) mass is 236 g/mol. The maximum atomic E-state index is 10.3. The molecule has 0 atom stereocenters. The van der Waals surface area contributed by atoms with Crippen LogP contribution >= 0.6 is 0 Å². The lowest BCUT2D eigenvalue weighted by Crippen LogP contribution is -2.10. The second-order valence-electron chi connectivity index (χ2n) is 3.03. The largest absolute Gasteiger partial charge is 0.479 e. The van der Waals surface area contributed by atoms with Gasteiger partial charge in [0.1, 0.15) is 0 Å². The molecule has 0 radical (unpaired) electrons. The summed E-state index contributed by atoms with van der Waals surface area (Å²) in [6.07, 6.45) is 3.06. The van der Waals surface area contributed by atoms with Gasteiger partial charge >= 0.3 is 12.0 Å². The fraction of sp³-hybridized carbons (Fsp3) is 0.111. The molecule has 88 valence electrons. The zero-order chi connectivity index (χ0) is 12.3. The second kappa shape index (κ2) is 4.47. The van der Waals surface area contributed by atoms with Crippen LogP contribution in [0.25, 0.3) is 11.4 Å². The topological polar surface area (TPSA) is 110 Å². The molecule has 8 nitrogen and oxygen atoms in total. The molecule has 0 spiro atoms. The molecule has 0 amide bonds. The highest BCUT2D eigenvalue weighted by atomic mass is 16.5. The van der Waals surface area contributed by atoms with Gasteiger partial charge in [0.25, 0.3) is 0 Å². The predicted molar refractivity (Wildman–Crippen MR) is 53.6 cm³/mol. The lowest BCUT2D eigenvalue weighted by atomic mass is 10.3. The van der Waals surface area contributed by atoms with Gasteiger partial charge in [0, 0.05) is 18.0 Å². The summed E-state index contributed by atoms with van der Waals surface area (Å²) in [5.74, 6) is -1.03. The maximum absolute atomic E-state index is 10.3. The average molecular weight is 236 g/mol. The Morgan fingerprint density at radius 3 is 3.00 bits per heavy atom. The van der Waals surface area contributed by atoms with E-state index in [0.29, 0.717) is 10.4 Å². The molecule has 8 heteroatoms. The van der Waals surface area contributed by atoms with Crippen molar-refractivity contribution in [2.24, 2.45) is 0 Å². The summed E-state index contributed by atoms with van der Waals surface area (Å²) in [4.78, 5) is 18.5. The highest BCUT2D eigenvalue weighted by molar-refractivity contribution is 5.68. The van der Waals surface area contributed by atoms with E-state index in [1.54, 1.807) is 18.3 Å². The van der Waals surface area contributed by atoms with Crippen LogP contribution < -0.4 is 4.74 Å². The van der Waals surface area contributed by atoms with Crippen molar-refractivity contribution >= 4 is 5.97 Å². The van der Waals surface area contributed by atoms with Crippen LogP contribution in [0, 0.1) is 0 Å². The van der Waals surface area contributed by atoms with Gasteiger partial charge in [0.2, 0.25) is 5.82 Å². The Labute approximate surface area is 95.1 Å². The Bertz CT molecular complexity index is 525. The molecule has 2 aromatic heterocycles. The molecule has 0 bridgehead atoms. The molecule has 0 aliphatic carbocycles. The van der Waals surface area contributed by atoms with Gasteiger partial charge in [-0.05, 0) is 12.1 Å². The van der Waals surface area contributed by atoms with E-state index < -0.39 is 12.6 Å². The normalized spacial score (nSPS) is 10.1. The van der Waals surface area contributed by atoms with Gasteiger partial charge in [-0.2, -0.15) is 4.98 Å². The van der Waals surface area contributed by atoms with E-state index in [1.165, 1.54) is 6.20 Å². The summed E-state index contributed by atoms with van der Waals surface area (Å²) in [6, 6.07) is 3.13. The van der Waals surface area contributed by atoms with E-state index in [1.807, 2.05) is 0 Å². The smallest absolute Gasteiger partial charge is 0.341 e. The summed E-state index contributed by atoms with van der Waals surface area (Å²) in [5.41, 5.74) is 0.535. The highest BCUT2D eigenvalue weighted by Gasteiger charge is 2.13. The third-order valence-electron chi connectivity index (χ3n) is 1.82. The van der Waals surface area contributed by atoms with Gasteiger partial charge in [-0.1, -0.05) is 9.94 Å². The Morgan fingerprint density at radius 2 is 2.35 bits per heavy atom. The van der Waals surface area contributed by atoms with E-state index in [4.69, 9.17) is 9.84 Å². The van der Waals surface area contributed by atoms with Crippen molar-refractivity contribution in [1.29, 1.82) is 0 Å². The van der Waals surface area contributed by atoms with Crippen molar-refractivity contribution < 1.29 is 19.8 Å². The zero-order valence-electron chi connectivity index (χ0n) is 8.52. The Morgan fingerprint density at radius 1 is 1.53 bits per heavy atom. The Balaban J connectivity index is 2.22. The van der Waals surface area contributed by atoms with E-state index in [0.717, 1.165) is 0 Å². The Kier molecular flexibility index (Phi) is 2.86. The van der Waals surface area contributed by atoms with Gasteiger partial charge in [-0.15, -0.1) is 0 Å². The number of aliphatic carboxylic acids is 1. The van der Waals surface area contributed by atoms with Crippen LogP contribution in [0.15, 0.2) is 24.5 Å². The number of rotatable bonds is 4. The van der Waals surface area contributed by atoms with Crippen molar-refractivity contribution in [3.8, 4) is 17.4 Å². The lowest BCUT2D eigenvalue weighted by Gasteiger charge is -1.95. The van der Waals surface area contributed by atoms with Crippen LogP contribution in [-0.4, -0.2) is 42.8 Å². The SMILES string of the molecule is O=C(O)COc1nc(-c2cccnc2)n(O)n1. The number of hydrogen-bond donors (Lipinski definition) is 2. The van der Waals surface area contributed by atoms with Crippen molar-refractivity contribution in [2.45, 2.75) is 0 Å². The van der Waals surface area contributed by atoms with Crippen molar-refractivity contribution in [3.63, 3.8) is 0 Å². The minimum absolute atomic E-state index is 0.124. The molecule has 0 aromatic carbocycles. The lowest BCUT2D eigenvalue weighted by molar-refractivity contribution is -0.139. The van der Waals surface area contributed by atoms with Gasteiger partial charge in [-0.3, -0.25) is 4.98 Å². The summed E-state index contributed by atoms with van der Waals surface area (Å²) in [5, 5.41) is 21.4. The number of ether oxygens (including phenoxy) is 1. The van der Waals surface area contributed by atoms with Crippen LogP contribution in [0.5, 0.6) is 6.01 Å². The van der Waals surface area contributed by atoms with Crippen molar-refractivity contribution in [1.82, 2.24) is 19.9 Å². The Hall–Kier alpha value is -2.64. The van der Waals surface area contributed by atoms with Crippen LogP contribution in [0.1, 0.15) is 0 Å². The first kappa shape index (κ1) is 10.9. The van der Waals surface area contributed by atoms with E-state index in [-0.39, 0.29) is 11.8 Å². The molecule has 0 aliphatic heterocycles. The fourth-order valence-electron chi connectivity index (χ4n) is 1.15. The van der Waals surface area contributed by atoms with Crippen LogP contribution in [0.4, 0.5) is 0 Å². The summed E-state index contributed by atoms with van der Waals surface area (Å²) in [7, 11) is 0. The van der Waals surface area contributed by atoms with Gasteiger partial charge in [0.05, 0.1) is 0 Å². The number of aromatic nitrogens is 4. The second-order valence-corrected chi connectivity index (χ2v) is 3.03. The molecule has 0 saturated carbocycles. The molecule has 2 N–H and O–H groups in total. The number of nitrogens with zero attached hydrogens (tertiary/aromatic N) is 4. The minimum Gasteiger partial charge on any atom is -0.479 e. The standard InChI is InChI=1S/C9H8N4O4/c14-7(15)5-17-9-11-8(13(16)12-9)6-2-1-3-10-4-6/h1-4,16H,5H2,(H,14,15). The van der Waals surface area contributed by atoms with Crippen molar-refractivity contribution in [3.05, 3.63) is 24.5 Å². The third kappa shape index (κ3) is 2.48. The van der Waals surface area contributed by atoms with Gasteiger partial charge in [0.15, 0.2) is 6.61 Å². The summed E-state index contributed by atoms with van der Waals surface area (Å²) in [6.45, 7) is -0.573. The number of carboxylic acid groups (broad SMARTS) is 1. The van der Waals surface area contributed by atoms with Crippen molar-refractivity contribution in [2.75, 3.05) is 6.61 Å². The molecule has 0 aliphatic rings. The molecular weight excluding hydrogens is 228 g/mol. The number of carboxylic acids is 1. The molecule has 2 rings (SSSR count). The molecule has 2 aromatic rings. The molecule has 0 fully saturated rings. The molecular formula is C9H8N4O4. The van der Waals surface area contributed by atoms with Crippen LogP contribution in [0.3, 0.4) is 0 Å². The number of pyridine rings is 1. The first-order valence-corrected chi connectivity index (χ1v) is 4.58. The predicted octanol–water partition coefficient (Wildman–Crippen LogP) is 0.0408. The molecule has 2 heterocycles. The van der Waals surface area contributed by atoms with Gasteiger partial charge in [-0.25, -0.2) is 4.79 Å². The average Bonchev–Trinajstić information content (AvgIpc) is 2.69. The van der Waals surface area contributed by atoms with E-state index in [2.05, 4.69) is 15.1 Å². The molecule has 0 saturated heterocycles. The first-order valence-electron chi connectivity index (χ1n) is 4.58. The first-order chi connectivity index (χ1) is 8.16. The highest BCUT2D eigenvalue weighted by Crippen LogP contribution is 2.17. The number of hydrogen-bond acceptors (Lipinski definition) is 6. The molecule has 17 heavy (non-hydrogen) atoms. The quantitative estimate of drug-likeness (QED) is 0.721. The zero-order valence-corrected chi connectivity index (χ0v) is 8.52. The maximum Gasteiger partial charge on any atom is 0.341 e. The van der Waals surface area contributed by atoms with Crippen LogP contribution in [0.2, 0.25) is 0 Å². The minimum atomic E-state index is -1.15. The summed E-state index contributed by atoms with van der Waals surface area (Å²) >= 11 is 0. The van der Waals surface area contributed by atoms with E-state index >= 15 is 0 Å². The van der Waals surface area contributed by atoms with Crippen LogP contribution in [-0.2, 0) is 4.79 Å². The van der Waals surface area contributed by atoms with Gasteiger partial charge < -0.3 is 15.1 Å². The van der Waals surface area contributed by atoms with E-state index in [9.17, 15) is 10.0 Å². The molecule has 0 unspecified atom stereocenters.